The van der Waals surface area contributed by atoms with E-state index in [4.69, 9.17) is 4.74 Å². The maximum atomic E-state index is 12.5. The van der Waals surface area contributed by atoms with Crippen molar-refractivity contribution in [2.75, 3.05) is 19.0 Å². The standard InChI is InChI=1S/C17H18N4O3/c1-24-12-2-3-15-13(8-12)14(9-16(22)21-15)17(23)20-5-4-11-10-18-6-7-19-11/h2-3,6-8,10,14H,4-5,9H2,1H3,(H,20,23)(H,21,22). The summed E-state index contributed by atoms with van der Waals surface area (Å²) >= 11 is 0. The molecular formula is C17H18N4O3. The summed E-state index contributed by atoms with van der Waals surface area (Å²) in [5, 5.41) is 5.66. The third-order valence-corrected chi connectivity index (χ3v) is 3.91. The Morgan fingerprint density at radius 1 is 1.42 bits per heavy atom. The molecule has 0 spiro atoms. The summed E-state index contributed by atoms with van der Waals surface area (Å²) in [6, 6.07) is 5.31. The first-order valence-corrected chi connectivity index (χ1v) is 7.68. The molecule has 1 aliphatic heterocycles. The van der Waals surface area contributed by atoms with Gasteiger partial charge in [0.1, 0.15) is 5.75 Å². The minimum atomic E-state index is -0.522. The van der Waals surface area contributed by atoms with Gasteiger partial charge in [-0.3, -0.25) is 19.6 Å². The van der Waals surface area contributed by atoms with Gasteiger partial charge in [-0.15, -0.1) is 0 Å². The maximum Gasteiger partial charge on any atom is 0.228 e. The highest BCUT2D eigenvalue weighted by Crippen LogP contribution is 2.34. The predicted octanol–water partition coefficient (Wildman–Crippen LogP) is 1.27. The minimum absolute atomic E-state index is 0.122. The van der Waals surface area contributed by atoms with Crippen molar-refractivity contribution in [1.29, 1.82) is 0 Å². The molecule has 2 aromatic rings. The molecule has 124 valence electrons. The highest BCUT2D eigenvalue weighted by Gasteiger charge is 2.30. The van der Waals surface area contributed by atoms with Crippen LogP contribution in [0.5, 0.6) is 5.75 Å². The van der Waals surface area contributed by atoms with Crippen LogP contribution in [0.4, 0.5) is 5.69 Å². The molecule has 0 saturated carbocycles. The molecule has 2 heterocycles. The highest BCUT2D eigenvalue weighted by atomic mass is 16.5. The molecule has 1 atom stereocenters. The molecule has 7 nitrogen and oxygen atoms in total. The van der Waals surface area contributed by atoms with Gasteiger partial charge in [0.15, 0.2) is 0 Å². The van der Waals surface area contributed by atoms with E-state index in [0.29, 0.717) is 24.4 Å². The van der Waals surface area contributed by atoms with Crippen molar-refractivity contribution in [3.63, 3.8) is 0 Å². The number of ether oxygens (including phenoxy) is 1. The number of carbonyl (C=O) groups excluding carboxylic acids is 2. The Bertz CT molecular complexity index is 749. The van der Waals surface area contributed by atoms with Crippen LogP contribution in [0, 0.1) is 0 Å². The Kier molecular flexibility index (Phi) is 4.69. The van der Waals surface area contributed by atoms with Crippen LogP contribution in [0.3, 0.4) is 0 Å². The van der Waals surface area contributed by atoms with Gasteiger partial charge in [0.05, 0.1) is 18.7 Å². The maximum absolute atomic E-state index is 12.5. The molecular weight excluding hydrogens is 308 g/mol. The number of nitrogens with one attached hydrogen (secondary N) is 2. The van der Waals surface area contributed by atoms with E-state index < -0.39 is 5.92 Å². The van der Waals surface area contributed by atoms with Crippen LogP contribution >= 0.6 is 0 Å². The molecule has 2 amide bonds. The van der Waals surface area contributed by atoms with E-state index in [1.54, 1.807) is 43.9 Å². The normalized spacial score (nSPS) is 16.0. The first kappa shape index (κ1) is 15.9. The quantitative estimate of drug-likeness (QED) is 0.863. The third-order valence-electron chi connectivity index (χ3n) is 3.91. The van der Waals surface area contributed by atoms with Gasteiger partial charge >= 0.3 is 0 Å². The van der Waals surface area contributed by atoms with Crippen molar-refractivity contribution in [2.24, 2.45) is 0 Å². The van der Waals surface area contributed by atoms with Crippen LogP contribution in [-0.2, 0) is 16.0 Å². The van der Waals surface area contributed by atoms with Gasteiger partial charge in [-0.25, -0.2) is 0 Å². The molecule has 3 rings (SSSR count). The zero-order valence-electron chi connectivity index (χ0n) is 13.3. The number of benzene rings is 1. The number of aromatic nitrogens is 2. The predicted molar refractivity (Wildman–Crippen MR) is 87.7 cm³/mol. The minimum Gasteiger partial charge on any atom is -0.497 e. The van der Waals surface area contributed by atoms with Crippen LogP contribution in [0.25, 0.3) is 0 Å². The van der Waals surface area contributed by atoms with Crippen LogP contribution in [0.2, 0.25) is 0 Å². The third kappa shape index (κ3) is 3.51. The number of anilines is 1. The number of carbonyl (C=O) groups is 2. The van der Waals surface area contributed by atoms with Gasteiger partial charge in [0.2, 0.25) is 11.8 Å². The largest absolute Gasteiger partial charge is 0.497 e. The SMILES string of the molecule is COc1ccc2c(c1)C(C(=O)NCCc1cnccn1)CC(=O)N2. The van der Waals surface area contributed by atoms with E-state index in [2.05, 4.69) is 20.6 Å². The molecule has 1 aromatic carbocycles. The summed E-state index contributed by atoms with van der Waals surface area (Å²) in [4.78, 5) is 32.5. The fourth-order valence-corrected chi connectivity index (χ4v) is 2.70. The van der Waals surface area contributed by atoms with Crippen molar-refractivity contribution in [1.82, 2.24) is 15.3 Å². The molecule has 0 radical (unpaired) electrons. The lowest BCUT2D eigenvalue weighted by molar-refractivity contribution is -0.126. The van der Waals surface area contributed by atoms with Crippen LogP contribution in [0.15, 0.2) is 36.8 Å². The van der Waals surface area contributed by atoms with E-state index >= 15 is 0 Å². The van der Waals surface area contributed by atoms with Gasteiger partial charge in [-0.2, -0.15) is 0 Å². The van der Waals surface area contributed by atoms with Crippen LogP contribution < -0.4 is 15.4 Å². The Morgan fingerprint density at radius 3 is 3.04 bits per heavy atom. The second-order valence-corrected chi connectivity index (χ2v) is 5.50. The number of hydrogen-bond donors (Lipinski definition) is 2. The smallest absolute Gasteiger partial charge is 0.228 e. The summed E-state index contributed by atoms with van der Waals surface area (Å²) < 4.78 is 5.21. The first-order valence-electron chi connectivity index (χ1n) is 7.68. The summed E-state index contributed by atoms with van der Waals surface area (Å²) in [6.07, 6.45) is 5.60. The number of nitrogens with zero attached hydrogens (tertiary/aromatic N) is 2. The molecule has 0 saturated heterocycles. The average molecular weight is 326 g/mol. The Hall–Kier alpha value is -2.96. The summed E-state index contributed by atoms with van der Waals surface area (Å²) in [6.45, 7) is 0.439. The van der Waals surface area contributed by atoms with E-state index in [-0.39, 0.29) is 18.2 Å². The summed E-state index contributed by atoms with van der Waals surface area (Å²) in [5.41, 5.74) is 2.23. The number of hydrogen-bond acceptors (Lipinski definition) is 5. The lowest BCUT2D eigenvalue weighted by Gasteiger charge is -2.25. The van der Waals surface area contributed by atoms with Gasteiger partial charge in [-0.1, -0.05) is 0 Å². The highest BCUT2D eigenvalue weighted by molar-refractivity contribution is 6.01. The number of amides is 2. The fourth-order valence-electron chi connectivity index (χ4n) is 2.70. The van der Waals surface area contributed by atoms with Crippen molar-refractivity contribution >= 4 is 17.5 Å². The second-order valence-electron chi connectivity index (χ2n) is 5.50. The molecule has 0 fully saturated rings. The first-order chi connectivity index (χ1) is 11.7. The molecule has 2 N–H and O–H groups in total. The zero-order valence-corrected chi connectivity index (χ0v) is 13.3. The zero-order chi connectivity index (χ0) is 16.9. The molecule has 0 aliphatic carbocycles. The number of rotatable bonds is 5. The topological polar surface area (TPSA) is 93.2 Å². The molecule has 1 aromatic heterocycles. The van der Waals surface area contributed by atoms with E-state index in [1.165, 1.54) is 0 Å². The Labute approximate surface area is 139 Å². The number of methoxy groups -OCH3 is 1. The van der Waals surface area contributed by atoms with Gasteiger partial charge in [0, 0.05) is 43.7 Å². The lowest BCUT2D eigenvalue weighted by Crippen LogP contribution is -2.36. The van der Waals surface area contributed by atoms with E-state index in [9.17, 15) is 9.59 Å². The second kappa shape index (κ2) is 7.08. The molecule has 24 heavy (non-hydrogen) atoms. The van der Waals surface area contributed by atoms with Crippen molar-refractivity contribution in [3.05, 3.63) is 48.0 Å². The fraction of sp³-hybridized carbons (Fsp3) is 0.294. The van der Waals surface area contributed by atoms with Crippen molar-refractivity contribution in [3.8, 4) is 5.75 Å². The van der Waals surface area contributed by atoms with Gasteiger partial charge in [0.25, 0.3) is 0 Å². The average Bonchev–Trinajstić information content (AvgIpc) is 2.61. The number of fused-ring (bicyclic) bond motifs is 1. The molecule has 0 bridgehead atoms. The van der Waals surface area contributed by atoms with Gasteiger partial charge in [-0.05, 0) is 23.8 Å². The summed E-state index contributed by atoms with van der Waals surface area (Å²) in [7, 11) is 1.57. The van der Waals surface area contributed by atoms with E-state index in [0.717, 1.165) is 11.3 Å². The van der Waals surface area contributed by atoms with E-state index in [1.807, 2.05) is 0 Å². The van der Waals surface area contributed by atoms with Crippen LogP contribution in [-0.4, -0.2) is 35.4 Å². The van der Waals surface area contributed by atoms with Crippen molar-refractivity contribution in [2.45, 2.75) is 18.8 Å². The Balaban J connectivity index is 1.69. The molecule has 1 unspecified atom stereocenters. The summed E-state index contributed by atoms with van der Waals surface area (Å²) in [5.74, 6) is -0.210. The lowest BCUT2D eigenvalue weighted by atomic mass is 9.89. The van der Waals surface area contributed by atoms with Crippen LogP contribution in [0.1, 0.15) is 23.6 Å². The molecule has 7 heteroatoms. The van der Waals surface area contributed by atoms with Crippen molar-refractivity contribution < 1.29 is 14.3 Å². The monoisotopic (exact) mass is 326 g/mol. The van der Waals surface area contributed by atoms with Gasteiger partial charge < -0.3 is 15.4 Å². The Morgan fingerprint density at radius 2 is 2.29 bits per heavy atom. The molecule has 1 aliphatic rings.